The first-order valence-electron chi connectivity index (χ1n) is 28.6. The van der Waals surface area contributed by atoms with E-state index in [1.165, 1.54) is 180 Å². The average Bonchev–Trinajstić information content (AvgIpc) is 3.31. The standard InChI is InChI=1S/C61H111NO3/c1-3-5-7-9-11-13-15-17-19-21-23-25-27-28-29-30-31-32-33-35-36-38-40-42-44-46-48-50-52-54-56-60(64)59(58-63)62-61(65)57-55-53-51-49-47-45-43-41-39-37-34-26-24-22-20-18-16-14-12-10-8-6-4-2/h6,8,12,14,18,20,24,26,37,39,43,45,59-60,63-64H,3-5,7,9-11,13,15-17,19,21-23,25,27-36,38,40-42,44,46-58H2,1-2H3,(H,62,65)/b8-6-,14-12-,20-18-,26-24-,39-37-,45-43-. The predicted molar refractivity (Wildman–Crippen MR) is 290 cm³/mol. The number of allylic oxidation sites excluding steroid dienone is 12. The van der Waals surface area contributed by atoms with Crippen LogP contribution in [-0.4, -0.2) is 34.9 Å². The van der Waals surface area contributed by atoms with Crippen LogP contribution in [0.1, 0.15) is 290 Å². The van der Waals surface area contributed by atoms with E-state index >= 15 is 0 Å². The Labute approximate surface area is 406 Å². The summed E-state index contributed by atoms with van der Waals surface area (Å²) in [6, 6.07) is -0.556. The van der Waals surface area contributed by atoms with Crippen LogP contribution < -0.4 is 5.32 Å². The molecule has 0 spiro atoms. The Balaban J connectivity index is 3.50. The van der Waals surface area contributed by atoms with Crippen LogP contribution in [-0.2, 0) is 4.79 Å². The van der Waals surface area contributed by atoms with E-state index in [2.05, 4.69) is 92.1 Å². The van der Waals surface area contributed by atoms with Crippen LogP contribution in [0, 0.1) is 0 Å². The van der Waals surface area contributed by atoms with Gasteiger partial charge in [-0.1, -0.05) is 292 Å². The third kappa shape index (κ3) is 52.7. The van der Waals surface area contributed by atoms with Crippen molar-refractivity contribution < 1.29 is 15.0 Å². The van der Waals surface area contributed by atoms with Crippen LogP contribution in [0.25, 0.3) is 0 Å². The first-order valence-corrected chi connectivity index (χ1v) is 28.6. The number of hydrogen-bond acceptors (Lipinski definition) is 3. The van der Waals surface area contributed by atoms with Crippen molar-refractivity contribution in [3.8, 4) is 0 Å². The number of aliphatic hydroxyl groups is 2. The van der Waals surface area contributed by atoms with Crippen LogP contribution in [0.4, 0.5) is 0 Å². The molecule has 0 aliphatic rings. The average molecular weight is 907 g/mol. The molecule has 0 rings (SSSR count). The fourth-order valence-corrected chi connectivity index (χ4v) is 8.66. The lowest BCUT2D eigenvalue weighted by Crippen LogP contribution is -2.45. The molecule has 4 heteroatoms. The number of hydrogen-bond donors (Lipinski definition) is 3. The molecule has 4 nitrogen and oxygen atoms in total. The Morgan fingerprint density at radius 3 is 1.02 bits per heavy atom. The smallest absolute Gasteiger partial charge is 0.220 e. The molecule has 0 fully saturated rings. The van der Waals surface area contributed by atoms with Gasteiger partial charge in [-0.3, -0.25) is 4.79 Å². The van der Waals surface area contributed by atoms with Crippen molar-refractivity contribution in [3.63, 3.8) is 0 Å². The molecule has 2 atom stereocenters. The molecule has 0 saturated carbocycles. The number of nitrogens with one attached hydrogen (secondary N) is 1. The second-order valence-corrected chi connectivity index (χ2v) is 19.3. The summed E-state index contributed by atoms with van der Waals surface area (Å²) in [5, 5.41) is 23.3. The summed E-state index contributed by atoms with van der Waals surface area (Å²) in [5.41, 5.74) is 0. The maximum Gasteiger partial charge on any atom is 0.220 e. The van der Waals surface area contributed by atoms with Gasteiger partial charge in [0, 0.05) is 6.42 Å². The maximum atomic E-state index is 12.5. The maximum absolute atomic E-state index is 12.5. The molecule has 0 radical (unpaired) electrons. The molecular weight excluding hydrogens is 795 g/mol. The van der Waals surface area contributed by atoms with Crippen LogP contribution in [0.3, 0.4) is 0 Å². The summed E-state index contributed by atoms with van der Waals surface area (Å²) >= 11 is 0. The van der Waals surface area contributed by atoms with Crippen molar-refractivity contribution in [1.29, 1.82) is 0 Å². The first-order chi connectivity index (χ1) is 32.2. The Morgan fingerprint density at radius 2 is 0.677 bits per heavy atom. The molecule has 0 bridgehead atoms. The summed E-state index contributed by atoms with van der Waals surface area (Å²) < 4.78 is 0. The minimum Gasteiger partial charge on any atom is -0.394 e. The second-order valence-electron chi connectivity index (χ2n) is 19.3. The largest absolute Gasteiger partial charge is 0.394 e. The number of rotatable bonds is 52. The summed E-state index contributed by atoms with van der Waals surface area (Å²) in [4.78, 5) is 12.5. The molecule has 2 unspecified atom stereocenters. The second kappa shape index (κ2) is 56.2. The summed E-state index contributed by atoms with van der Waals surface area (Å²) in [7, 11) is 0. The van der Waals surface area contributed by atoms with E-state index in [0.29, 0.717) is 12.8 Å². The highest BCUT2D eigenvalue weighted by Crippen LogP contribution is 2.17. The molecule has 0 aromatic carbocycles. The van der Waals surface area contributed by atoms with Gasteiger partial charge in [0.05, 0.1) is 18.8 Å². The Hall–Kier alpha value is -2.17. The number of aliphatic hydroxyl groups excluding tert-OH is 2. The van der Waals surface area contributed by atoms with Crippen molar-refractivity contribution in [1.82, 2.24) is 5.32 Å². The molecule has 0 aromatic rings. The molecule has 0 aliphatic heterocycles. The number of amides is 1. The molecule has 378 valence electrons. The van der Waals surface area contributed by atoms with Gasteiger partial charge in [-0.05, 0) is 64.2 Å². The van der Waals surface area contributed by atoms with Gasteiger partial charge in [0.25, 0.3) is 0 Å². The number of carbonyl (C=O) groups excluding carboxylic acids is 1. The van der Waals surface area contributed by atoms with E-state index in [4.69, 9.17) is 0 Å². The highest BCUT2D eigenvalue weighted by molar-refractivity contribution is 5.76. The zero-order valence-corrected chi connectivity index (χ0v) is 43.5. The molecule has 0 heterocycles. The third-order valence-electron chi connectivity index (χ3n) is 13.0. The highest BCUT2D eigenvalue weighted by atomic mass is 16.3. The molecule has 0 aromatic heterocycles. The third-order valence-corrected chi connectivity index (χ3v) is 13.0. The van der Waals surface area contributed by atoms with Crippen LogP contribution in [0.15, 0.2) is 72.9 Å². The zero-order valence-electron chi connectivity index (χ0n) is 43.5. The van der Waals surface area contributed by atoms with E-state index in [1.54, 1.807) is 0 Å². The molecule has 0 saturated heterocycles. The van der Waals surface area contributed by atoms with Crippen molar-refractivity contribution in [2.45, 2.75) is 302 Å². The first kappa shape index (κ1) is 62.8. The Kier molecular flexibility index (Phi) is 54.3. The van der Waals surface area contributed by atoms with E-state index in [-0.39, 0.29) is 12.5 Å². The predicted octanol–water partition coefficient (Wildman–Crippen LogP) is 19.0. The van der Waals surface area contributed by atoms with Crippen molar-refractivity contribution in [3.05, 3.63) is 72.9 Å². The van der Waals surface area contributed by atoms with Crippen molar-refractivity contribution in [2.75, 3.05) is 6.61 Å². The lowest BCUT2D eigenvalue weighted by molar-refractivity contribution is -0.123. The van der Waals surface area contributed by atoms with Crippen molar-refractivity contribution in [2.24, 2.45) is 0 Å². The molecular formula is C61H111NO3. The van der Waals surface area contributed by atoms with Crippen molar-refractivity contribution >= 4 is 5.91 Å². The molecule has 0 aliphatic carbocycles. The fraction of sp³-hybridized carbons (Fsp3) is 0.787. The van der Waals surface area contributed by atoms with Crippen LogP contribution >= 0.6 is 0 Å². The van der Waals surface area contributed by atoms with Gasteiger partial charge in [-0.25, -0.2) is 0 Å². The zero-order chi connectivity index (χ0) is 47.0. The van der Waals surface area contributed by atoms with Gasteiger partial charge in [-0.15, -0.1) is 0 Å². The lowest BCUT2D eigenvalue weighted by Gasteiger charge is -2.22. The number of unbranched alkanes of at least 4 members (excludes halogenated alkanes) is 33. The monoisotopic (exact) mass is 906 g/mol. The Bertz CT molecular complexity index is 1120. The minimum absolute atomic E-state index is 0.0548. The SMILES string of the molecule is CC/C=C\C/C=C\C/C=C\C/C=C\C/C=C\C/C=C\CCCCCCC(=O)NC(CO)C(O)CCCCCCCCCCCCCCCCCCCCCCCCCCCCCCCC. The number of carbonyl (C=O) groups is 1. The summed E-state index contributed by atoms with van der Waals surface area (Å²) in [5.74, 6) is -0.0548. The normalized spacial score (nSPS) is 13.4. The van der Waals surface area contributed by atoms with E-state index in [0.717, 1.165) is 83.5 Å². The van der Waals surface area contributed by atoms with Gasteiger partial charge in [0.15, 0.2) is 0 Å². The minimum atomic E-state index is -0.677. The van der Waals surface area contributed by atoms with Crippen LogP contribution in [0.2, 0.25) is 0 Å². The van der Waals surface area contributed by atoms with E-state index < -0.39 is 12.1 Å². The lowest BCUT2D eigenvalue weighted by atomic mass is 10.0. The van der Waals surface area contributed by atoms with Gasteiger partial charge in [0.1, 0.15) is 0 Å². The van der Waals surface area contributed by atoms with Gasteiger partial charge < -0.3 is 15.5 Å². The molecule has 65 heavy (non-hydrogen) atoms. The molecule has 1 amide bonds. The highest BCUT2D eigenvalue weighted by Gasteiger charge is 2.20. The van der Waals surface area contributed by atoms with Gasteiger partial charge >= 0.3 is 0 Å². The summed E-state index contributed by atoms with van der Waals surface area (Å²) in [6.45, 7) is 4.25. The quantitative estimate of drug-likeness (QED) is 0.0421. The van der Waals surface area contributed by atoms with Crippen LogP contribution in [0.5, 0.6) is 0 Å². The summed E-state index contributed by atoms with van der Waals surface area (Å²) in [6.07, 6.45) is 80.4. The van der Waals surface area contributed by atoms with Gasteiger partial charge in [-0.2, -0.15) is 0 Å². The van der Waals surface area contributed by atoms with E-state index in [9.17, 15) is 15.0 Å². The van der Waals surface area contributed by atoms with Gasteiger partial charge in [0.2, 0.25) is 5.91 Å². The topological polar surface area (TPSA) is 69.6 Å². The molecule has 3 N–H and O–H groups in total. The fourth-order valence-electron chi connectivity index (χ4n) is 8.66. The van der Waals surface area contributed by atoms with E-state index in [1.807, 2.05) is 0 Å². The Morgan fingerprint density at radius 1 is 0.385 bits per heavy atom.